The molecule has 166 valence electrons. The molecule has 1 aliphatic carbocycles. The molecule has 2 aliphatic rings. The molecule has 1 saturated carbocycles. The molecule has 10 heteroatoms. The van der Waals surface area contributed by atoms with Gasteiger partial charge in [-0.15, -0.1) is 0 Å². The highest BCUT2D eigenvalue weighted by Gasteiger charge is 2.54. The minimum atomic E-state index is -4.27. The van der Waals surface area contributed by atoms with Gasteiger partial charge in [0.2, 0.25) is 5.91 Å². The van der Waals surface area contributed by atoms with E-state index in [0.717, 1.165) is 6.07 Å². The third-order valence-corrected chi connectivity index (χ3v) is 6.81. The van der Waals surface area contributed by atoms with Crippen LogP contribution in [-0.4, -0.2) is 41.6 Å². The molecule has 1 aliphatic heterocycles. The van der Waals surface area contributed by atoms with Gasteiger partial charge in [0.1, 0.15) is 11.4 Å². The van der Waals surface area contributed by atoms with Crippen molar-refractivity contribution in [2.75, 3.05) is 13.1 Å². The number of hydrogen-bond acceptors (Lipinski definition) is 2. The largest absolute Gasteiger partial charge is 0.391 e. The number of nitrogens with zero attached hydrogens (tertiary/aromatic N) is 1. The lowest BCUT2D eigenvalue weighted by Gasteiger charge is -2.50. The van der Waals surface area contributed by atoms with Crippen LogP contribution in [0.1, 0.15) is 44.1 Å². The summed E-state index contributed by atoms with van der Waals surface area (Å²) in [6.45, 7) is 1.94. The Morgan fingerprint density at radius 1 is 1.30 bits per heavy atom. The van der Waals surface area contributed by atoms with E-state index in [0.29, 0.717) is 5.56 Å². The van der Waals surface area contributed by atoms with Gasteiger partial charge < -0.3 is 16.0 Å². The lowest BCUT2D eigenvalue weighted by atomic mass is 9.65. The maximum atomic E-state index is 13.8. The number of benzene rings is 1. The van der Waals surface area contributed by atoms with E-state index in [-0.39, 0.29) is 49.7 Å². The summed E-state index contributed by atoms with van der Waals surface area (Å²) >= 11 is 5.97. The summed E-state index contributed by atoms with van der Waals surface area (Å²) in [5.74, 6) is -3.54. The molecule has 30 heavy (non-hydrogen) atoms. The number of hydrogen-bond donors (Lipinski definition) is 2. The molecule has 1 unspecified atom stereocenters. The van der Waals surface area contributed by atoms with Gasteiger partial charge in [-0.05, 0) is 56.2 Å². The number of halogens is 5. The minimum Gasteiger partial charge on any atom is -0.352 e. The van der Waals surface area contributed by atoms with Crippen LogP contribution in [0.2, 0.25) is 5.02 Å². The number of alkyl halides is 3. The fourth-order valence-corrected chi connectivity index (χ4v) is 5.19. The van der Waals surface area contributed by atoms with Crippen LogP contribution in [-0.2, 0) is 4.79 Å². The van der Waals surface area contributed by atoms with Crippen LogP contribution in [0.3, 0.4) is 0 Å². The lowest BCUT2D eigenvalue weighted by Crippen LogP contribution is -2.69. The third-order valence-electron chi connectivity index (χ3n) is 6.52. The monoisotopic (exact) mass is 449 g/mol. The Morgan fingerprint density at radius 2 is 1.93 bits per heavy atom. The van der Waals surface area contributed by atoms with Crippen LogP contribution in [0.15, 0.2) is 18.2 Å². The zero-order chi connectivity index (χ0) is 22.3. The second-order valence-electron chi connectivity index (χ2n) is 8.20. The quantitative estimate of drug-likeness (QED) is 0.678. The van der Waals surface area contributed by atoms with Gasteiger partial charge in [0.05, 0.1) is 10.9 Å². The van der Waals surface area contributed by atoms with E-state index < -0.39 is 41.3 Å². The van der Waals surface area contributed by atoms with Crippen molar-refractivity contribution in [1.29, 1.82) is 0 Å². The molecular formula is C20H24ClF4N3O2. The van der Waals surface area contributed by atoms with E-state index in [2.05, 4.69) is 5.32 Å². The van der Waals surface area contributed by atoms with Crippen molar-refractivity contribution < 1.29 is 27.2 Å². The predicted octanol–water partition coefficient (Wildman–Crippen LogP) is 4.20. The Bertz CT molecular complexity index is 827. The van der Waals surface area contributed by atoms with E-state index in [4.69, 9.17) is 17.3 Å². The first-order chi connectivity index (χ1) is 14.0. The first kappa shape index (κ1) is 22.7. The average Bonchev–Trinajstić information content (AvgIpc) is 2.66. The first-order valence-electron chi connectivity index (χ1n) is 9.83. The van der Waals surface area contributed by atoms with E-state index in [1.165, 1.54) is 17.0 Å². The number of primary amides is 1. The molecular weight excluding hydrogens is 426 g/mol. The molecule has 3 rings (SSSR count). The summed E-state index contributed by atoms with van der Waals surface area (Å²) in [5, 5.41) is 2.57. The van der Waals surface area contributed by atoms with E-state index in [1.54, 1.807) is 6.92 Å². The number of piperazine rings is 1. The standard InChI is InChI=1S/C20H24ClF4N3O2/c1-19(17(29)27-8-9-28(19)18(26)30)16(12-4-7-15(22)14(21)10-12)11-2-5-13(6-3-11)20(23,24)25/h4,7,10-11,13,16H,2-3,5-6,8-9H2,1H3,(H2,26,30)(H,27,29)/t11?,13?,16-,19?/m0/s1. The van der Waals surface area contributed by atoms with Crippen molar-refractivity contribution in [3.05, 3.63) is 34.6 Å². The molecule has 0 radical (unpaired) electrons. The Balaban J connectivity index is 2.05. The van der Waals surface area contributed by atoms with Crippen LogP contribution in [0, 0.1) is 17.7 Å². The van der Waals surface area contributed by atoms with Crippen molar-refractivity contribution in [1.82, 2.24) is 10.2 Å². The highest BCUT2D eigenvalue weighted by Crippen LogP contribution is 2.49. The molecule has 2 atom stereocenters. The number of amides is 3. The summed E-state index contributed by atoms with van der Waals surface area (Å²) in [5.41, 5.74) is 4.60. The number of rotatable bonds is 3. The Kier molecular flexibility index (Phi) is 6.23. The average molecular weight is 450 g/mol. The van der Waals surface area contributed by atoms with Crippen molar-refractivity contribution in [2.45, 2.75) is 50.2 Å². The van der Waals surface area contributed by atoms with Crippen molar-refractivity contribution in [3.8, 4) is 0 Å². The van der Waals surface area contributed by atoms with Gasteiger partial charge in [0.15, 0.2) is 0 Å². The van der Waals surface area contributed by atoms with Crippen molar-refractivity contribution in [3.63, 3.8) is 0 Å². The molecule has 3 amide bonds. The molecule has 0 aromatic heterocycles. The Labute approximate surface area is 176 Å². The summed E-state index contributed by atoms with van der Waals surface area (Å²) in [6.07, 6.45) is -4.01. The maximum Gasteiger partial charge on any atom is 0.391 e. The summed E-state index contributed by atoms with van der Waals surface area (Å²) < 4.78 is 53.3. The second-order valence-corrected chi connectivity index (χ2v) is 8.61. The lowest BCUT2D eigenvalue weighted by molar-refractivity contribution is -0.185. The Hall–Kier alpha value is -2.03. The highest BCUT2D eigenvalue weighted by atomic mass is 35.5. The molecule has 5 nitrogen and oxygen atoms in total. The van der Waals surface area contributed by atoms with E-state index in [9.17, 15) is 27.2 Å². The van der Waals surface area contributed by atoms with Crippen LogP contribution < -0.4 is 11.1 Å². The minimum absolute atomic E-state index is 0.0755. The highest BCUT2D eigenvalue weighted by molar-refractivity contribution is 6.30. The Morgan fingerprint density at radius 3 is 2.47 bits per heavy atom. The van der Waals surface area contributed by atoms with Crippen LogP contribution >= 0.6 is 11.6 Å². The van der Waals surface area contributed by atoms with Gasteiger partial charge in [-0.3, -0.25) is 4.79 Å². The SMILES string of the molecule is CC1([C@H](c2ccc(F)c(Cl)c2)C2CCC(C(F)(F)F)CC2)C(=O)NCCN1C(N)=O. The fourth-order valence-electron chi connectivity index (χ4n) is 5.00. The van der Waals surface area contributed by atoms with E-state index in [1.807, 2.05) is 0 Å². The van der Waals surface area contributed by atoms with Crippen LogP contribution in [0.5, 0.6) is 0 Å². The number of nitrogens with one attached hydrogen (secondary N) is 1. The second kappa shape index (κ2) is 8.24. The number of urea groups is 1. The molecule has 0 spiro atoms. The van der Waals surface area contributed by atoms with Crippen molar-refractivity contribution >= 4 is 23.5 Å². The van der Waals surface area contributed by atoms with Gasteiger partial charge in [-0.25, -0.2) is 9.18 Å². The van der Waals surface area contributed by atoms with Gasteiger partial charge >= 0.3 is 12.2 Å². The first-order valence-corrected chi connectivity index (χ1v) is 10.2. The van der Waals surface area contributed by atoms with E-state index >= 15 is 0 Å². The molecule has 2 fully saturated rings. The molecule has 1 aromatic rings. The number of carbonyl (C=O) groups excluding carboxylic acids is 2. The third kappa shape index (κ3) is 4.08. The van der Waals surface area contributed by atoms with Crippen LogP contribution in [0.4, 0.5) is 22.4 Å². The van der Waals surface area contributed by atoms with Crippen LogP contribution in [0.25, 0.3) is 0 Å². The molecule has 1 heterocycles. The van der Waals surface area contributed by atoms with Gasteiger partial charge in [-0.1, -0.05) is 17.7 Å². The summed E-state index contributed by atoms with van der Waals surface area (Å²) in [6, 6.07) is 3.21. The smallest absolute Gasteiger partial charge is 0.352 e. The zero-order valence-corrected chi connectivity index (χ0v) is 17.2. The molecule has 1 saturated heterocycles. The summed E-state index contributed by atoms with van der Waals surface area (Å²) in [7, 11) is 0. The molecule has 0 bridgehead atoms. The number of carbonyl (C=O) groups is 2. The molecule has 1 aromatic carbocycles. The maximum absolute atomic E-state index is 13.8. The number of nitrogens with two attached hydrogens (primary N) is 1. The normalized spacial score (nSPS) is 28.7. The van der Waals surface area contributed by atoms with Gasteiger partial charge in [0.25, 0.3) is 0 Å². The van der Waals surface area contributed by atoms with Crippen molar-refractivity contribution in [2.24, 2.45) is 17.6 Å². The summed E-state index contributed by atoms with van der Waals surface area (Å²) in [4.78, 5) is 26.4. The molecule has 3 N–H and O–H groups in total. The van der Waals surface area contributed by atoms with Gasteiger partial charge in [-0.2, -0.15) is 13.2 Å². The van der Waals surface area contributed by atoms with Gasteiger partial charge in [0, 0.05) is 19.0 Å². The predicted molar refractivity (Wildman–Crippen MR) is 103 cm³/mol. The topological polar surface area (TPSA) is 75.4 Å². The fraction of sp³-hybridized carbons (Fsp3) is 0.600. The zero-order valence-electron chi connectivity index (χ0n) is 16.4.